The van der Waals surface area contributed by atoms with E-state index < -0.39 is 4.92 Å². The number of aromatic nitrogens is 4. The highest BCUT2D eigenvalue weighted by atomic mass is 32.2. The number of hydrogen-bond donors (Lipinski definition) is 1. The molecule has 0 fully saturated rings. The minimum Gasteiger partial charge on any atom is -0.368 e. The molecule has 2 heterocycles. The average Bonchev–Trinajstić information content (AvgIpc) is 2.70. The van der Waals surface area contributed by atoms with Crippen LogP contribution in [0.1, 0.15) is 0 Å². The van der Waals surface area contributed by atoms with Crippen molar-refractivity contribution in [2.75, 3.05) is 5.73 Å². The van der Waals surface area contributed by atoms with Crippen molar-refractivity contribution in [2.45, 2.75) is 9.37 Å². The second-order valence-electron chi connectivity index (χ2n) is 2.48. The topological polar surface area (TPSA) is 121 Å². The van der Waals surface area contributed by atoms with Crippen LogP contribution in [0.5, 0.6) is 0 Å². The van der Waals surface area contributed by atoms with Gasteiger partial charge in [0.15, 0.2) is 9.37 Å². The first-order valence-electron chi connectivity index (χ1n) is 3.88. The van der Waals surface area contributed by atoms with Crippen LogP contribution in [0.4, 0.5) is 11.6 Å². The Labute approximate surface area is 97.3 Å². The van der Waals surface area contributed by atoms with Crippen LogP contribution in [-0.2, 0) is 0 Å². The lowest BCUT2D eigenvalue weighted by Crippen LogP contribution is -2.00. The minimum atomic E-state index is -0.567. The molecule has 0 unspecified atom stereocenters. The monoisotopic (exact) mass is 256 g/mol. The Morgan fingerprint density at radius 1 is 1.50 bits per heavy atom. The molecule has 0 atom stereocenters. The molecule has 8 nitrogen and oxygen atoms in total. The first-order valence-corrected chi connectivity index (χ1v) is 5.47. The Balaban J connectivity index is 2.38. The van der Waals surface area contributed by atoms with Crippen molar-refractivity contribution in [1.29, 1.82) is 0 Å². The van der Waals surface area contributed by atoms with Gasteiger partial charge in [0, 0.05) is 0 Å². The van der Waals surface area contributed by atoms with E-state index in [1.807, 2.05) is 0 Å². The van der Waals surface area contributed by atoms with E-state index in [9.17, 15) is 10.1 Å². The second-order valence-corrected chi connectivity index (χ2v) is 4.50. The van der Waals surface area contributed by atoms with Crippen LogP contribution in [0.15, 0.2) is 21.9 Å². The Morgan fingerprint density at radius 2 is 2.31 bits per heavy atom. The van der Waals surface area contributed by atoms with E-state index in [4.69, 9.17) is 5.73 Å². The molecule has 0 radical (unpaired) electrons. The molecule has 0 aromatic carbocycles. The number of nitrogens with two attached hydrogens (primary N) is 1. The largest absolute Gasteiger partial charge is 0.368 e. The van der Waals surface area contributed by atoms with Crippen molar-refractivity contribution in [1.82, 2.24) is 19.3 Å². The molecule has 0 spiro atoms. The molecular weight excluding hydrogens is 252 g/mol. The maximum absolute atomic E-state index is 10.7. The van der Waals surface area contributed by atoms with Gasteiger partial charge in [-0.15, -0.1) is 0 Å². The summed E-state index contributed by atoms with van der Waals surface area (Å²) in [6, 6.07) is 0. The molecule has 2 aromatic rings. The van der Waals surface area contributed by atoms with E-state index >= 15 is 0 Å². The zero-order valence-corrected chi connectivity index (χ0v) is 9.23. The SMILES string of the molecule is Nc1ncc([N+](=O)[O-])c(Sc2ncns2)n1. The predicted molar refractivity (Wildman–Crippen MR) is 57.1 cm³/mol. The van der Waals surface area contributed by atoms with E-state index in [0.717, 1.165) is 29.5 Å². The Bertz CT molecular complexity index is 516. The molecule has 16 heavy (non-hydrogen) atoms. The summed E-state index contributed by atoms with van der Waals surface area (Å²) in [7, 11) is 0. The molecule has 0 amide bonds. The standard InChI is InChI=1S/C6H4N6O2S2/c7-5-8-1-3(12(13)14)4(11-5)15-6-9-2-10-16-6/h1-2H,(H2,7,8,11). The summed E-state index contributed by atoms with van der Waals surface area (Å²) in [5, 5.41) is 10.9. The fraction of sp³-hybridized carbons (Fsp3) is 0. The zero-order valence-electron chi connectivity index (χ0n) is 7.60. The summed E-state index contributed by atoms with van der Waals surface area (Å²) in [6.45, 7) is 0. The zero-order chi connectivity index (χ0) is 11.5. The molecule has 0 bridgehead atoms. The van der Waals surface area contributed by atoms with Crippen LogP contribution in [0.3, 0.4) is 0 Å². The van der Waals surface area contributed by atoms with Gasteiger partial charge in [0.2, 0.25) is 5.95 Å². The van der Waals surface area contributed by atoms with Gasteiger partial charge in [0.05, 0.1) is 4.92 Å². The van der Waals surface area contributed by atoms with E-state index in [2.05, 4.69) is 19.3 Å². The number of nitrogens with zero attached hydrogens (tertiary/aromatic N) is 5. The molecule has 0 aliphatic rings. The van der Waals surface area contributed by atoms with Gasteiger partial charge in [0.25, 0.3) is 0 Å². The van der Waals surface area contributed by atoms with Gasteiger partial charge in [-0.1, -0.05) is 0 Å². The number of anilines is 1. The normalized spacial score (nSPS) is 10.2. The summed E-state index contributed by atoms with van der Waals surface area (Å²) in [6.07, 6.45) is 2.44. The van der Waals surface area contributed by atoms with Gasteiger partial charge in [-0.2, -0.15) is 9.36 Å². The van der Waals surface area contributed by atoms with Gasteiger partial charge >= 0.3 is 5.69 Å². The lowest BCUT2D eigenvalue weighted by molar-refractivity contribution is -0.388. The minimum absolute atomic E-state index is 0.0161. The van der Waals surface area contributed by atoms with Gasteiger partial charge < -0.3 is 5.73 Å². The van der Waals surface area contributed by atoms with E-state index in [1.165, 1.54) is 6.33 Å². The lowest BCUT2D eigenvalue weighted by Gasteiger charge is -1.98. The molecule has 0 aliphatic heterocycles. The Hall–Kier alpha value is -1.81. The summed E-state index contributed by atoms with van der Waals surface area (Å²) >= 11 is 2.16. The molecule has 2 rings (SSSR count). The van der Waals surface area contributed by atoms with Crippen LogP contribution in [-0.4, -0.2) is 24.2 Å². The van der Waals surface area contributed by atoms with Crippen LogP contribution in [0, 0.1) is 10.1 Å². The van der Waals surface area contributed by atoms with Crippen LogP contribution >= 0.6 is 23.3 Å². The van der Waals surface area contributed by atoms with Crippen molar-refractivity contribution in [3.05, 3.63) is 22.6 Å². The van der Waals surface area contributed by atoms with Gasteiger partial charge in [-0.3, -0.25) is 10.1 Å². The highest BCUT2D eigenvalue weighted by Gasteiger charge is 2.18. The quantitative estimate of drug-likeness (QED) is 0.489. The summed E-state index contributed by atoms with van der Waals surface area (Å²) in [4.78, 5) is 21.4. The summed E-state index contributed by atoms with van der Waals surface area (Å²) in [5.41, 5.74) is 5.17. The average molecular weight is 256 g/mol. The number of nitrogen functional groups attached to an aromatic ring is 1. The number of hydrogen-bond acceptors (Lipinski definition) is 9. The van der Waals surface area contributed by atoms with E-state index in [-0.39, 0.29) is 16.7 Å². The molecule has 82 valence electrons. The van der Waals surface area contributed by atoms with Crippen LogP contribution in [0.25, 0.3) is 0 Å². The molecule has 2 aromatic heterocycles. The van der Waals surface area contributed by atoms with Gasteiger partial charge in [0.1, 0.15) is 12.5 Å². The lowest BCUT2D eigenvalue weighted by atomic mass is 10.5. The third-order valence-electron chi connectivity index (χ3n) is 1.48. The molecule has 2 N–H and O–H groups in total. The predicted octanol–water partition coefficient (Wildman–Crippen LogP) is 0.970. The Kier molecular flexibility index (Phi) is 2.92. The summed E-state index contributed by atoms with van der Waals surface area (Å²) < 4.78 is 4.34. The van der Waals surface area contributed by atoms with E-state index in [0.29, 0.717) is 4.34 Å². The second kappa shape index (κ2) is 4.37. The van der Waals surface area contributed by atoms with Gasteiger partial charge in [-0.05, 0) is 23.3 Å². The molecule has 10 heteroatoms. The molecule has 0 aliphatic carbocycles. The highest BCUT2D eigenvalue weighted by molar-refractivity contribution is 8.01. The van der Waals surface area contributed by atoms with Crippen molar-refractivity contribution >= 4 is 34.9 Å². The fourth-order valence-electron chi connectivity index (χ4n) is 0.864. The van der Waals surface area contributed by atoms with Crippen LogP contribution in [0.2, 0.25) is 0 Å². The summed E-state index contributed by atoms with van der Waals surface area (Å²) in [5.74, 6) is -0.0161. The van der Waals surface area contributed by atoms with Crippen molar-refractivity contribution in [2.24, 2.45) is 0 Å². The number of rotatable bonds is 3. The number of nitro groups is 1. The maximum atomic E-state index is 10.7. The van der Waals surface area contributed by atoms with E-state index in [1.54, 1.807) is 0 Å². The smallest absolute Gasteiger partial charge is 0.320 e. The highest BCUT2D eigenvalue weighted by Crippen LogP contribution is 2.33. The molecular formula is C6H4N6O2S2. The van der Waals surface area contributed by atoms with Crippen molar-refractivity contribution < 1.29 is 4.92 Å². The molecule has 0 saturated heterocycles. The third kappa shape index (κ3) is 2.23. The third-order valence-corrected chi connectivity index (χ3v) is 3.18. The van der Waals surface area contributed by atoms with Gasteiger partial charge in [-0.25, -0.2) is 9.97 Å². The Morgan fingerprint density at radius 3 is 2.94 bits per heavy atom. The van der Waals surface area contributed by atoms with Crippen molar-refractivity contribution in [3.63, 3.8) is 0 Å². The first-order chi connectivity index (χ1) is 7.66. The van der Waals surface area contributed by atoms with Crippen molar-refractivity contribution in [3.8, 4) is 0 Å². The molecule has 0 saturated carbocycles. The maximum Gasteiger partial charge on any atom is 0.320 e. The fourth-order valence-corrected chi connectivity index (χ4v) is 2.29. The first kappa shape index (κ1) is 10.7. The van der Waals surface area contributed by atoms with Crippen LogP contribution < -0.4 is 5.73 Å².